The average Bonchev–Trinajstić information content (AvgIpc) is 2.58. The summed E-state index contributed by atoms with van der Waals surface area (Å²) >= 11 is 1.52. The lowest BCUT2D eigenvalue weighted by Crippen LogP contribution is -2.13. The molecule has 3 N–H and O–H groups in total. The normalized spacial score (nSPS) is 13.1. The minimum Gasteiger partial charge on any atom is -0.392 e. The lowest BCUT2D eigenvalue weighted by Gasteiger charge is -2.08. The van der Waals surface area contributed by atoms with E-state index in [0.717, 1.165) is 23.9 Å². The van der Waals surface area contributed by atoms with E-state index in [2.05, 4.69) is 10.2 Å². The number of thioether (sulfide) groups is 1. The minimum absolute atomic E-state index is 0.279. The van der Waals surface area contributed by atoms with Gasteiger partial charge in [0.25, 0.3) is 0 Å². The molecule has 5 nitrogen and oxygen atoms in total. The van der Waals surface area contributed by atoms with Gasteiger partial charge in [-0.3, -0.25) is 0 Å². The number of hydrogen-bond acceptors (Lipinski definition) is 5. The smallest absolute Gasteiger partial charge is 0.191 e. The first-order valence-corrected chi connectivity index (χ1v) is 6.08. The van der Waals surface area contributed by atoms with Crippen molar-refractivity contribution in [2.75, 3.05) is 12.3 Å². The van der Waals surface area contributed by atoms with Crippen molar-refractivity contribution in [3.63, 3.8) is 0 Å². The number of nitrogens with two attached hydrogens (primary N) is 1. The summed E-state index contributed by atoms with van der Waals surface area (Å²) in [6.07, 6.45) is 0.482. The summed E-state index contributed by atoms with van der Waals surface area (Å²) in [7, 11) is 0. The van der Waals surface area contributed by atoms with Crippen LogP contribution in [0.2, 0.25) is 0 Å². The maximum atomic E-state index is 9.44. The highest BCUT2D eigenvalue weighted by molar-refractivity contribution is 7.99. The summed E-state index contributed by atoms with van der Waals surface area (Å²) in [6.45, 7) is 5.16. The largest absolute Gasteiger partial charge is 0.392 e. The highest BCUT2D eigenvalue weighted by Gasteiger charge is 2.10. The molecule has 0 aliphatic heterocycles. The molecule has 6 heteroatoms. The Kier molecular flexibility index (Phi) is 5.07. The van der Waals surface area contributed by atoms with Crippen molar-refractivity contribution < 1.29 is 5.11 Å². The maximum absolute atomic E-state index is 9.44. The molecule has 0 aromatic carbocycles. The number of aromatic nitrogens is 3. The molecule has 1 heterocycles. The Labute approximate surface area is 94.1 Å². The topological polar surface area (TPSA) is 77.0 Å². The quantitative estimate of drug-likeness (QED) is 0.692. The summed E-state index contributed by atoms with van der Waals surface area (Å²) in [5.74, 6) is 1.52. The van der Waals surface area contributed by atoms with Crippen LogP contribution in [-0.4, -0.2) is 38.3 Å². The molecule has 0 fully saturated rings. The zero-order valence-corrected chi connectivity index (χ0v) is 10.00. The van der Waals surface area contributed by atoms with Crippen LogP contribution in [-0.2, 0) is 6.54 Å². The molecule has 1 atom stereocenters. The van der Waals surface area contributed by atoms with Gasteiger partial charge in [0.1, 0.15) is 5.82 Å². The van der Waals surface area contributed by atoms with Crippen molar-refractivity contribution in [1.29, 1.82) is 0 Å². The lowest BCUT2D eigenvalue weighted by atomic mass is 10.3. The predicted molar refractivity (Wildman–Crippen MR) is 60.8 cm³/mol. The molecule has 0 aliphatic carbocycles. The standard InChI is InChI=1S/C9H18N4OS/c1-3-8(14)6-15-9-12-11-7(2)13(9)5-4-10/h8,14H,3-6,10H2,1-2H3. The number of nitrogens with zero attached hydrogens (tertiary/aromatic N) is 3. The first-order chi connectivity index (χ1) is 7.19. The zero-order valence-electron chi connectivity index (χ0n) is 9.18. The van der Waals surface area contributed by atoms with Crippen LogP contribution in [0.5, 0.6) is 0 Å². The van der Waals surface area contributed by atoms with E-state index >= 15 is 0 Å². The molecular weight excluding hydrogens is 212 g/mol. The van der Waals surface area contributed by atoms with Crippen LogP contribution in [0.4, 0.5) is 0 Å². The molecular formula is C9H18N4OS. The summed E-state index contributed by atoms with van der Waals surface area (Å²) in [5, 5.41) is 18.3. The SMILES string of the molecule is CCC(O)CSc1nnc(C)n1CCN. The van der Waals surface area contributed by atoms with Crippen LogP contribution in [0, 0.1) is 6.92 Å². The molecule has 1 aromatic heterocycles. The number of hydrogen-bond donors (Lipinski definition) is 2. The Bertz CT molecular complexity index is 302. The van der Waals surface area contributed by atoms with Gasteiger partial charge >= 0.3 is 0 Å². The van der Waals surface area contributed by atoms with E-state index in [1.54, 1.807) is 0 Å². The molecule has 15 heavy (non-hydrogen) atoms. The molecule has 0 spiro atoms. The van der Waals surface area contributed by atoms with E-state index in [4.69, 9.17) is 5.73 Å². The fourth-order valence-corrected chi connectivity index (χ4v) is 2.20. The second-order valence-electron chi connectivity index (χ2n) is 3.34. The summed E-state index contributed by atoms with van der Waals surface area (Å²) < 4.78 is 1.98. The van der Waals surface area contributed by atoms with Crippen molar-refractivity contribution in [1.82, 2.24) is 14.8 Å². The van der Waals surface area contributed by atoms with Gasteiger partial charge in [-0.15, -0.1) is 10.2 Å². The van der Waals surface area contributed by atoms with Gasteiger partial charge in [-0.1, -0.05) is 18.7 Å². The lowest BCUT2D eigenvalue weighted by molar-refractivity contribution is 0.195. The molecule has 1 unspecified atom stereocenters. The Morgan fingerprint density at radius 3 is 2.87 bits per heavy atom. The summed E-state index contributed by atoms with van der Waals surface area (Å²) in [4.78, 5) is 0. The van der Waals surface area contributed by atoms with Gasteiger partial charge in [-0.2, -0.15) is 0 Å². The Balaban J connectivity index is 2.60. The number of aliphatic hydroxyl groups excluding tert-OH is 1. The van der Waals surface area contributed by atoms with Crippen LogP contribution in [0.15, 0.2) is 5.16 Å². The maximum Gasteiger partial charge on any atom is 0.191 e. The molecule has 0 aliphatic rings. The monoisotopic (exact) mass is 230 g/mol. The number of rotatable bonds is 6. The van der Waals surface area contributed by atoms with Gasteiger partial charge < -0.3 is 15.4 Å². The first-order valence-electron chi connectivity index (χ1n) is 5.09. The van der Waals surface area contributed by atoms with E-state index in [-0.39, 0.29) is 6.10 Å². The van der Waals surface area contributed by atoms with Gasteiger partial charge in [0.2, 0.25) is 0 Å². The fourth-order valence-electron chi connectivity index (χ4n) is 1.14. The third-order valence-electron chi connectivity index (χ3n) is 2.13. The van der Waals surface area contributed by atoms with Crippen LogP contribution in [0.1, 0.15) is 19.2 Å². The summed E-state index contributed by atoms with van der Waals surface area (Å²) in [6, 6.07) is 0. The highest BCUT2D eigenvalue weighted by Crippen LogP contribution is 2.18. The van der Waals surface area contributed by atoms with Gasteiger partial charge in [-0.25, -0.2) is 0 Å². The second-order valence-corrected chi connectivity index (χ2v) is 4.33. The van der Waals surface area contributed by atoms with E-state index < -0.39 is 0 Å². The molecule has 1 rings (SSSR count). The third-order valence-corrected chi connectivity index (χ3v) is 3.24. The molecule has 86 valence electrons. The Hall–Kier alpha value is -0.590. The van der Waals surface area contributed by atoms with E-state index in [9.17, 15) is 5.11 Å². The van der Waals surface area contributed by atoms with Gasteiger partial charge in [0.15, 0.2) is 5.16 Å². The Morgan fingerprint density at radius 2 is 2.27 bits per heavy atom. The van der Waals surface area contributed by atoms with Crippen LogP contribution < -0.4 is 5.73 Å². The second kappa shape index (κ2) is 6.09. The highest BCUT2D eigenvalue weighted by atomic mass is 32.2. The third kappa shape index (κ3) is 3.48. The van der Waals surface area contributed by atoms with E-state index in [0.29, 0.717) is 12.3 Å². The zero-order chi connectivity index (χ0) is 11.3. The molecule has 1 aromatic rings. The number of aliphatic hydroxyl groups is 1. The van der Waals surface area contributed by atoms with Crippen molar-refractivity contribution in [3.05, 3.63) is 5.82 Å². The van der Waals surface area contributed by atoms with Crippen molar-refractivity contribution >= 4 is 11.8 Å². The average molecular weight is 230 g/mol. The van der Waals surface area contributed by atoms with E-state index in [1.807, 2.05) is 18.4 Å². The first kappa shape index (κ1) is 12.5. The Morgan fingerprint density at radius 1 is 1.53 bits per heavy atom. The molecule has 0 saturated heterocycles. The fraction of sp³-hybridized carbons (Fsp3) is 0.778. The van der Waals surface area contributed by atoms with Crippen molar-refractivity contribution in [3.8, 4) is 0 Å². The minimum atomic E-state index is -0.279. The van der Waals surface area contributed by atoms with Gasteiger partial charge in [0, 0.05) is 18.8 Å². The van der Waals surface area contributed by atoms with Gasteiger partial charge in [0.05, 0.1) is 6.10 Å². The predicted octanol–water partition coefficient (Wildman–Crippen LogP) is 0.408. The summed E-state index contributed by atoms with van der Waals surface area (Å²) in [5.41, 5.74) is 5.50. The van der Waals surface area contributed by atoms with Crippen LogP contribution in [0.3, 0.4) is 0 Å². The van der Waals surface area contributed by atoms with Crippen molar-refractivity contribution in [2.45, 2.75) is 38.1 Å². The number of aryl methyl sites for hydroxylation is 1. The van der Waals surface area contributed by atoms with E-state index in [1.165, 1.54) is 11.8 Å². The molecule has 0 saturated carbocycles. The molecule has 0 bridgehead atoms. The van der Waals surface area contributed by atoms with Gasteiger partial charge in [-0.05, 0) is 13.3 Å². The molecule has 0 radical (unpaired) electrons. The van der Waals surface area contributed by atoms with Crippen LogP contribution in [0.25, 0.3) is 0 Å². The van der Waals surface area contributed by atoms with Crippen molar-refractivity contribution in [2.24, 2.45) is 5.73 Å². The molecule has 0 amide bonds. The van der Waals surface area contributed by atoms with Crippen LogP contribution >= 0.6 is 11.8 Å².